The Balaban J connectivity index is 2.60. The van der Waals surface area contributed by atoms with E-state index in [-0.39, 0.29) is 35.0 Å². The number of hydrogen-bond acceptors (Lipinski definition) is 6. The molecule has 8 nitrogen and oxygen atoms in total. The highest BCUT2D eigenvalue weighted by Gasteiger charge is 2.25. The Morgan fingerprint density at radius 1 is 1.03 bits per heavy atom. The molecule has 0 aliphatic carbocycles. The number of nitrogens with zero attached hydrogens (tertiary/aromatic N) is 2. The zero-order chi connectivity index (χ0) is 25.5. The Kier molecular flexibility index (Phi) is 9.63. The SMILES string of the molecule is CCN(CC)c1ccc(S(=O)(=O)N(CC)CC)cc1NC(=O)c1cccc(OC)c1OC(F)F. The molecule has 1 N–H and O–H groups in total. The maximum Gasteiger partial charge on any atom is 0.387 e. The Morgan fingerprint density at radius 3 is 2.21 bits per heavy atom. The van der Waals surface area contributed by atoms with Gasteiger partial charge in [0.2, 0.25) is 10.0 Å². The summed E-state index contributed by atoms with van der Waals surface area (Å²) in [5.41, 5.74) is 0.644. The molecule has 0 saturated heterocycles. The summed E-state index contributed by atoms with van der Waals surface area (Å²) < 4.78 is 63.1. The number of halogens is 2. The maximum absolute atomic E-state index is 13.2. The number of ether oxygens (including phenoxy) is 2. The Labute approximate surface area is 199 Å². The largest absolute Gasteiger partial charge is 0.493 e. The first-order chi connectivity index (χ1) is 16.1. The van der Waals surface area contributed by atoms with E-state index < -0.39 is 28.3 Å². The van der Waals surface area contributed by atoms with E-state index in [1.165, 1.54) is 41.7 Å². The minimum Gasteiger partial charge on any atom is -0.493 e. The Morgan fingerprint density at radius 2 is 1.68 bits per heavy atom. The van der Waals surface area contributed by atoms with Crippen LogP contribution < -0.4 is 19.7 Å². The monoisotopic (exact) mass is 499 g/mol. The zero-order valence-electron chi connectivity index (χ0n) is 20.0. The van der Waals surface area contributed by atoms with E-state index in [1.54, 1.807) is 19.9 Å². The van der Waals surface area contributed by atoms with Crippen LogP contribution in [0.5, 0.6) is 11.5 Å². The number of methoxy groups -OCH3 is 1. The summed E-state index contributed by atoms with van der Waals surface area (Å²) in [6, 6.07) is 8.69. The van der Waals surface area contributed by atoms with Gasteiger partial charge >= 0.3 is 6.61 Å². The fourth-order valence-corrected chi connectivity index (χ4v) is 5.07. The van der Waals surface area contributed by atoms with Gasteiger partial charge in [-0.1, -0.05) is 19.9 Å². The number of hydrogen-bond donors (Lipinski definition) is 1. The number of rotatable bonds is 12. The van der Waals surface area contributed by atoms with Gasteiger partial charge in [0.15, 0.2) is 11.5 Å². The van der Waals surface area contributed by atoms with Crippen LogP contribution >= 0.6 is 0 Å². The first-order valence-corrected chi connectivity index (χ1v) is 12.4. The van der Waals surface area contributed by atoms with Crippen molar-refractivity contribution in [3.05, 3.63) is 42.0 Å². The zero-order valence-corrected chi connectivity index (χ0v) is 20.8. The third-order valence-electron chi connectivity index (χ3n) is 5.31. The van der Waals surface area contributed by atoms with Gasteiger partial charge in [-0.2, -0.15) is 13.1 Å². The lowest BCUT2D eigenvalue weighted by Crippen LogP contribution is -2.31. The molecular weight excluding hydrogens is 468 g/mol. The number of carbonyl (C=O) groups excluding carboxylic acids is 1. The van der Waals surface area contributed by atoms with Crippen molar-refractivity contribution in [2.45, 2.75) is 39.2 Å². The molecule has 188 valence electrons. The van der Waals surface area contributed by atoms with E-state index in [4.69, 9.17) is 4.74 Å². The average Bonchev–Trinajstić information content (AvgIpc) is 2.80. The number of para-hydroxylation sites is 1. The van der Waals surface area contributed by atoms with Crippen LogP contribution in [0.3, 0.4) is 0 Å². The van der Waals surface area contributed by atoms with Crippen molar-refractivity contribution in [3.8, 4) is 11.5 Å². The van der Waals surface area contributed by atoms with E-state index in [0.29, 0.717) is 18.8 Å². The first-order valence-electron chi connectivity index (χ1n) is 11.0. The molecule has 0 aliphatic heterocycles. The van der Waals surface area contributed by atoms with E-state index in [9.17, 15) is 22.0 Å². The molecule has 0 radical (unpaired) electrons. The highest BCUT2D eigenvalue weighted by atomic mass is 32.2. The number of nitrogens with one attached hydrogen (secondary N) is 1. The minimum absolute atomic E-state index is 0.0112. The third kappa shape index (κ3) is 5.95. The molecular formula is C23H31F2N3O5S. The summed E-state index contributed by atoms with van der Waals surface area (Å²) in [5.74, 6) is -1.19. The second-order valence-corrected chi connectivity index (χ2v) is 9.05. The van der Waals surface area contributed by atoms with Gasteiger partial charge in [0.1, 0.15) is 0 Å². The van der Waals surface area contributed by atoms with Crippen LogP contribution in [0.4, 0.5) is 20.2 Å². The predicted molar refractivity (Wildman–Crippen MR) is 128 cm³/mol. The lowest BCUT2D eigenvalue weighted by atomic mass is 10.1. The summed E-state index contributed by atoms with van der Waals surface area (Å²) in [4.78, 5) is 15.1. The summed E-state index contributed by atoms with van der Waals surface area (Å²) in [6.07, 6.45) is 0. The lowest BCUT2D eigenvalue weighted by Gasteiger charge is -2.26. The van der Waals surface area contributed by atoms with Gasteiger partial charge in [0.05, 0.1) is 28.9 Å². The highest BCUT2D eigenvalue weighted by Crippen LogP contribution is 2.35. The fraction of sp³-hybridized carbons (Fsp3) is 0.435. The molecule has 0 heterocycles. The van der Waals surface area contributed by atoms with Gasteiger partial charge in [-0.3, -0.25) is 4.79 Å². The molecule has 0 saturated carbocycles. The summed E-state index contributed by atoms with van der Waals surface area (Å²) in [7, 11) is -2.52. The molecule has 11 heteroatoms. The second-order valence-electron chi connectivity index (χ2n) is 7.11. The van der Waals surface area contributed by atoms with Gasteiger partial charge in [-0.05, 0) is 44.2 Å². The van der Waals surface area contributed by atoms with Crippen LogP contribution in [0.1, 0.15) is 38.1 Å². The summed E-state index contributed by atoms with van der Waals surface area (Å²) in [6.45, 7) is 5.92. The highest BCUT2D eigenvalue weighted by molar-refractivity contribution is 7.89. The van der Waals surface area contributed by atoms with Crippen LogP contribution in [0.25, 0.3) is 0 Å². The lowest BCUT2D eigenvalue weighted by molar-refractivity contribution is -0.0515. The third-order valence-corrected chi connectivity index (χ3v) is 7.36. The van der Waals surface area contributed by atoms with Crippen molar-refractivity contribution in [2.24, 2.45) is 0 Å². The molecule has 34 heavy (non-hydrogen) atoms. The molecule has 0 bridgehead atoms. The number of sulfonamides is 1. The normalized spacial score (nSPS) is 11.6. The number of anilines is 2. The standard InChI is InChI=1S/C23H31F2N3O5S/c1-6-27(7-2)19-14-13-16(34(30,31)28(8-3)9-4)15-18(19)26-22(29)17-11-10-12-20(32-5)21(17)33-23(24)25/h10-15,23H,6-9H2,1-5H3,(H,26,29). The van der Waals surface area contributed by atoms with Gasteiger partial charge in [-0.15, -0.1) is 0 Å². The van der Waals surface area contributed by atoms with Crippen molar-refractivity contribution in [1.29, 1.82) is 0 Å². The van der Waals surface area contributed by atoms with Crippen molar-refractivity contribution < 1.29 is 31.5 Å². The van der Waals surface area contributed by atoms with Crippen molar-refractivity contribution >= 4 is 27.3 Å². The Bertz CT molecular complexity index is 1090. The van der Waals surface area contributed by atoms with E-state index in [2.05, 4.69) is 10.1 Å². The smallest absolute Gasteiger partial charge is 0.387 e. The summed E-state index contributed by atoms with van der Waals surface area (Å²) >= 11 is 0. The molecule has 0 atom stereocenters. The predicted octanol–water partition coefficient (Wildman–Crippen LogP) is 4.43. The fourth-order valence-electron chi connectivity index (χ4n) is 3.58. The average molecular weight is 500 g/mol. The van der Waals surface area contributed by atoms with Crippen LogP contribution in [0.2, 0.25) is 0 Å². The molecule has 0 spiro atoms. The van der Waals surface area contributed by atoms with Gasteiger partial charge < -0.3 is 19.7 Å². The van der Waals surface area contributed by atoms with Crippen LogP contribution in [-0.4, -0.2) is 58.5 Å². The summed E-state index contributed by atoms with van der Waals surface area (Å²) in [5, 5.41) is 2.68. The molecule has 1 amide bonds. The molecule has 0 aromatic heterocycles. The van der Waals surface area contributed by atoms with Crippen molar-refractivity contribution in [3.63, 3.8) is 0 Å². The molecule has 0 aliphatic rings. The maximum atomic E-state index is 13.2. The molecule has 0 fully saturated rings. The number of amides is 1. The van der Waals surface area contributed by atoms with Crippen LogP contribution in [0, 0.1) is 0 Å². The van der Waals surface area contributed by atoms with Crippen LogP contribution in [-0.2, 0) is 10.0 Å². The van der Waals surface area contributed by atoms with Gasteiger partial charge in [0, 0.05) is 26.2 Å². The van der Waals surface area contributed by atoms with Gasteiger partial charge in [-0.25, -0.2) is 8.42 Å². The number of benzene rings is 2. The molecule has 0 unspecified atom stereocenters. The second kappa shape index (κ2) is 12.0. The van der Waals surface area contributed by atoms with Crippen LogP contribution in [0.15, 0.2) is 41.3 Å². The Hall–Kier alpha value is -2.92. The topological polar surface area (TPSA) is 88.2 Å². The van der Waals surface area contributed by atoms with E-state index in [1.807, 2.05) is 18.7 Å². The van der Waals surface area contributed by atoms with Crippen molar-refractivity contribution in [2.75, 3.05) is 43.5 Å². The quantitative estimate of drug-likeness (QED) is 0.465. The van der Waals surface area contributed by atoms with Gasteiger partial charge in [0.25, 0.3) is 5.91 Å². The minimum atomic E-state index is -3.80. The molecule has 2 aromatic rings. The first kappa shape index (κ1) is 27.3. The molecule has 2 aromatic carbocycles. The van der Waals surface area contributed by atoms with E-state index in [0.717, 1.165) is 0 Å². The number of alkyl halides is 2. The van der Waals surface area contributed by atoms with E-state index >= 15 is 0 Å². The molecule has 2 rings (SSSR count). The van der Waals surface area contributed by atoms with Crippen molar-refractivity contribution in [1.82, 2.24) is 4.31 Å². The number of carbonyl (C=O) groups is 1.